The van der Waals surface area contributed by atoms with E-state index in [0.29, 0.717) is 22.6 Å². The number of phenolic OH excluding ortho intramolecular Hbond substituents is 2. The van der Waals surface area contributed by atoms with E-state index in [4.69, 9.17) is 14.2 Å². The number of carbonyl (C=O) groups is 1. The van der Waals surface area contributed by atoms with Gasteiger partial charge in [0.1, 0.15) is 6.61 Å². The van der Waals surface area contributed by atoms with Crippen molar-refractivity contribution in [3.05, 3.63) is 53.6 Å². The molecule has 0 saturated carbocycles. The van der Waals surface area contributed by atoms with E-state index < -0.39 is 5.97 Å². The van der Waals surface area contributed by atoms with E-state index in [1.807, 2.05) is 0 Å². The molecule has 6 heteroatoms. The van der Waals surface area contributed by atoms with Crippen LogP contribution in [0.15, 0.2) is 42.5 Å². The Balaban J connectivity index is 1.96. The van der Waals surface area contributed by atoms with E-state index in [-0.39, 0.29) is 18.1 Å². The normalized spacial score (nSPS) is 10.6. The summed E-state index contributed by atoms with van der Waals surface area (Å²) in [5, 5.41) is 19.0. The van der Waals surface area contributed by atoms with E-state index in [1.165, 1.54) is 32.4 Å². The van der Waals surface area contributed by atoms with Gasteiger partial charge in [0, 0.05) is 6.08 Å². The molecule has 0 atom stereocenters. The number of rotatable bonds is 6. The standard InChI is InChI=1S/C18H18O6/c1-22-16-9-12(3-6-14(16)19)5-8-18(21)24-11-13-4-7-15(20)17(10-13)23-2/h3-10,19-20H,11H2,1-2H3/b8-5+. The number of hydrogen-bond donors (Lipinski definition) is 2. The van der Waals surface area contributed by atoms with Gasteiger partial charge in [-0.25, -0.2) is 4.79 Å². The molecule has 0 unspecified atom stereocenters. The number of ether oxygens (including phenoxy) is 3. The summed E-state index contributed by atoms with van der Waals surface area (Å²) in [5.41, 5.74) is 1.38. The van der Waals surface area contributed by atoms with E-state index in [9.17, 15) is 15.0 Å². The van der Waals surface area contributed by atoms with Gasteiger partial charge in [-0.1, -0.05) is 12.1 Å². The molecule has 0 aromatic heterocycles. The molecule has 0 heterocycles. The van der Waals surface area contributed by atoms with E-state index >= 15 is 0 Å². The Labute approximate surface area is 139 Å². The molecule has 6 nitrogen and oxygen atoms in total. The van der Waals surface area contributed by atoms with Crippen molar-refractivity contribution < 1.29 is 29.2 Å². The molecule has 0 aliphatic carbocycles. The van der Waals surface area contributed by atoms with Crippen molar-refractivity contribution in [1.29, 1.82) is 0 Å². The quantitative estimate of drug-likeness (QED) is 0.626. The summed E-state index contributed by atoms with van der Waals surface area (Å²) in [7, 11) is 2.89. The van der Waals surface area contributed by atoms with Gasteiger partial charge in [0.25, 0.3) is 0 Å². The monoisotopic (exact) mass is 330 g/mol. The molecule has 2 aromatic rings. The first-order valence-electron chi connectivity index (χ1n) is 7.11. The zero-order valence-electron chi connectivity index (χ0n) is 13.4. The predicted molar refractivity (Wildman–Crippen MR) is 88.1 cm³/mol. The number of phenols is 2. The topological polar surface area (TPSA) is 85.2 Å². The molecule has 0 amide bonds. The highest BCUT2D eigenvalue weighted by Gasteiger charge is 2.05. The van der Waals surface area contributed by atoms with Gasteiger partial charge in [0.15, 0.2) is 23.0 Å². The summed E-state index contributed by atoms with van der Waals surface area (Å²) in [4.78, 5) is 11.8. The zero-order chi connectivity index (χ0) is 17.5. The van der Waals surface area contributed by atoms with Crippen LogP contribution in [0.2, 0.25) is 0 Å². The second-order valence-corrected chi connectivity index (χ2v) is 4.88. The largest absolute Gasteiger partial charge is 0.504 e. The van der Waals surface area contributed by atoms with E-state index in [0.717, 1.165) is 0 Å². The van der Waals surface area contributed by atoms with Gasteiger partial charge in [-0.15, -0.1) is 0 Å². The molecule has 0 saturated heterocycles. The third-order valence-electron chi connectivity index (χ3n) is 3.24. The van der Waals surface area contributed by atoms with Crippen molar-refractivity contribution in [3.8, 4) is 23.0 Å². The summed E-state index contributed by atoms with van der Waals surface area (Å²) < 4.78 is 15.1. The maximum atomic E-state index is 11.8. The molecule has 2 aromatic carbocycles. The molecule has 0 radical (unpaired) electrons. The third kappa shape index (κ3) is 4.42. The highest BCUT2D eigenvalue weighted by Crippen LogP contribution is 2.27. The van der Waals surface area contributed by atoms with Crippen LogP contribution >= 0.6 is 0 Å². The number of benzene rings is 2. The predicted octanol–water partition coefficient (Wildman–Crippen LogP) is 2.87. The smallest absolute Gasteiger partial charge is 0.331 e. The number of methoxy groups -OCH3 is 2. The van der Waals surface area contributed by atoms with Crippen LogP contribution in [0.25, 0.3) is 6.08 Å². The highest BCUT2D eigenvalue weighted by atomic mass is 16.5. The molecular formula is C18H18O6. The summed E-state index contributed by atoms with van der Waals surface area (Å²) in [6.07, 6.45) is 2.84. The maximum Gasteiger partial charge on any atom is 0.331 e. The second kappa shape index (κ2) is 7.92. The minimum Gasteiger partial charge on any atom is -0.504 e. The molecule has 0 aliphatic rings. The highest BCUT2D eigenvalue weighted by molar-refractivity contribution is 5.87. The lowest BCUT2D eigenvalue weighted by Crippen LogP contribution is -2.01. The van der Waals surface area contributed by atoms with Crippen LogP contribution in [-0.4, -0.2) is 30.4 Å². The van der Waals surface area contributed by atoms with Crippen molar-refractivity contribution in [2.75, 3.05) is 14.2 Å². The van der Waals surface area contributed by atoms with Crippen LogP contribution in [0.3, 0.4) is 0 Å². The lowest BCUT2D eigenvalue weighted by molar-refractivity contribution is -0.138. The minimum atomic E-state index is -0.519. The Hall–Kier alpha value is -3.15. The summed E-state index contributed by atoms with van der Waals surface area (Å²) in [6.45, 7) is 0.0543. The van der Waals surface area contributed by atoms with Crippen molar-refractivity contribution in [1.82, 2.24) is 0 Å². The molecule has 126 valence electrons. The first-order valence-corrected chi connectivity index (χ1v) is 7.11. The minimum absolute atomic E-state index is 0.0220. The van der Waals surface area contributed by atoms with Crippen molar-refractivity contribution in [2.45, 2.75) is 6.61 Å². The lowest BCUT2D eigenvalue weighted by Gasteiger charge is -2.07. The van der Waals surface area contributed by atoms with Crippen LogP contribution in [-0.2, 0) is 16.1 Å². The van der Waals surface area contributed by atoms with Gasteiger partial charge >= 0.3 is 5.97 Å². The van der Waals surface area contributed by atoms with Gasteiger partial charge in [-0.05, 0) is 41.5 Å². The van der Waals surface area contributed by atoms with Crippen LogP contribution in [0.5, 0.6) is 23.0 Å². The molecule has 0 bridgehead atoms. The molecule has 24 heavy (non-hydrogen) atoms. The van der Waals surface area contributed by atoms with Gasteiger partial charge in [0.05, 0.1) is 14.2 Å². The Bertz CT molecular complexity index is 751. The summed E-state index contributed by atoms with van der Waals surface area (Å²) in [6, 6.07) is 9.43. The molecule has 0 fully saturated rings. The lowest BCUT2D eigenvalue weighted by atomic mass is 10.2. The number of carbonyl (C=O) groups excluding carboxylic acids is 1. The van der Waals surface area contributed by atoms with Crippen LogP contribution in [0.4, 0.5) is 0 Å². The fourth-order valence-corrected chi connectivity index (χ4v) is 1.98. The van der Waals surface area contributed by atoms with Crippen molar-refractivity contribution >= 4 is 12.0 Å². The van der Waals surface area contributed by atoms with Gasteiger partial charge in [-0.3, -0.25) is 0 Å². The Morgan fingerprint density at radius 1 is 1.00 bits per heavy atom. The molecule has 2 rings (SSSR count). The van der Waals surface area contributed by atoms with Gasteiger partial charge in [-0.2, -0.15) is 0 Å². The molecule has 2 N–H and O–H groups in total. The third-order valence-corrected chi connectivity index (χ3v) is 3.24. The average molecular weight is 330 g/mol. The van der Waals surface area contributed by atoms with E-state index in [2.05, 4.69) is 0 Å². The van der Waals surface area contributed by atoms with Crippen molar-refractivity contribution in [2.24, 2.45) is 0 Å². The van der Waals surface area contributed by atoms with Gasteiger partial charge < -0.3 is 24.4 Å². The maximum absolute atomic E-state index is 11.8. The van der Waals surface area contributed by atoms with Crippen LogP contribution in [0, 0.1) is 0 Å². The average Bonchev–Trinajstić information content (AvgIpc) is 2.60. The summed E-state index contributed by atoms with van der Waals surface area (Å²) in [5.74, 6) is 0.165. The van der Waals surface area contributed by atoms with E-state index in [1.54, 1.807) is 30.3 Å². The number of esters is 1. The first kappa shape index (κ1) is 17.2. The number of hydrogen-bond acceptors (Lipinski definition) is 6. The Morgan fingerprint density at radius 3 is 2.29 bits per heavy atom. The molecule has 0 spiro atoms. The van der Waals surface area contributed by atoms with Crippen LogP contribution < -0.4 is 9.47 Å². The fraction of sp³-hybridized carbons (Fsp3) is 0.167. The molecule has 0 aliphatic heterocycles. The van der Waals surface area contributed by atoms with Crippen molar-refractivity contribution in [3.63, 3.8) is 0 Å². The second-order valence-electron chi connectivity index (χ2n) is 4.88. The Morgan fingerprint density at radius 2 is 1.62 bits per heavy atom. The zero-order valence-corrected chi connectivity index (χ0v) is 13.4. The first-order chi connectivity index (χ1) is 11.5. The SMILES string of the molecule is COc1cc(/C=C/C(=O)OCc2ccc(O)c(OC)c2)ccc1O. The number of aromatic hydroxyl groups is 2. The van der Waals surface area contributed by atoms with Crippen LogP contribution in [0.1, 0.15) is 11.1 Å². The fourth-order valence-electron chi connectivity index (χ4n) is 1.98. The Kier molecular flexibility index (Phi) is 5.68. The summed E-state index contributed by atoms with van der Waals surface area (Å²) >= 11 is 0. The molecular weight excluding hydrogens is 312 g/mol. The van der Waals surface area contributed by atoms with Gasteiger partial charge in [0.2, 0.25) is 0 Å².